The number of benzene rings is 1. The monoisotopic (exact) mass is 253 g/mol. The maximum Gasteiger partial charge on any atom is 0.159 e. The molecule has 0 saturated heterocycles. The van der Waals surface area contributed by atoms with E-state index < -0.39 is 17.2 Å². The molecule has 1 fully saturated rings. The van der Waals surface area contributed by atoms with Crippen molar-refractivity contribution in [2.75, 3.05) is 0 Å². The number of carbonyl (C=O) groups is 1. The van der Waals surface area contributed by atoms with Crippen LogP contribution < -0.4 is 5.73 Å². The van der Waals surface area contributed by atoms with Crippen LogP contribution in [-0.4, -0.2) is 11.3 Å². The second kappa shape index (κ2) is 5.14. The number of ketones is 1. The Kier molecular flexibility index (Phi) is 3.76. The number of carbonyl (C=O) groups excluding carboxylic acids is 1. The van der Waals surface area contributed by atoms with Crippen molar-refractivity contribution in [1.82, 2.24) is 0 Å². The minimum absolute atomic E-state index is 0.0757. The zero-order valence-electron chi connectivity index (χ0n) is 10.2. The molecule has 0 spiro atoms. The van der Waals surface area contributed by atoms with E-state index in [4.69, 9.17) is 5.73 Å². The lowest BCUT2D eigenvalue weighted by Crippen LogP contribution is -2.50. The molecule has 1 aliphatic rings. The Morgan fingerprint density at radius 2 is 1.83 bits per heavy atom. The summed E-state index contributed by atoms with van der Waals surface area (Å²) in [6.45, 7) is 0. The van der Waals surface area contributed by atoms with E-state index in [1.54, 1.807) is 0 Å². The molecule has 0 aromatic heterocycles. The number of Topliss-reactive ketones (excluding diaryl/α,β-unsaturated/α-hetero) is 1. The summed E-state index contributed by atoms with van der Waals surface area (Å²) >= 11 is 0. The van der Waals surface area contributed by atoms with Gasteiger partial charge in [-0.05, 0) is 30.5 Å². The van der Waals surface area contributed by atoms with Crippen LogP contribution in [0.3, 0.4) is 0 Å². The zero-order valence-corrected chi connectivity index (χ0v) is 10.2. The van der Waals surface area contributed by atoms with Gasteiger partial charge in [0.05, 0.1) is 5.54 Å². The van der Waals surface area contributed by atoms with Crippen LogP contribution in [0.25, 0.3) is 0 Å². The quantitative estimate of drug-likeness (QED) is 0.900. The summed E-state index contributed by atoms with van der Waals surface area (Å²) in [6, 6.07) is 3.55. The van der Waals surface area contributed by atoms with E-state index in [1.165, 1.54) is 6.07 Å². The van der Waals surface area contributed by atoms with Gasteiger partial charge in [0.15, 0.2) is 17.4 Å². The van der Waals surface area contributed by atoms with Gasteiger partial charge in [0.1, 0.15) is 0 Å². The molecule has 0 aliphatic heterocycles. The third-order valence-corrected chi connectivity index (χ3v) is 3.65. The summed E-state index contributed by atoms with van der Waals surface area (Å²) in [4.78, 5) is 12.1. The van der Waals surface area contributed by atoms with Gasteiger partial charge in [0.25, 0.3) is 0 Å². The first-order chi connectivity index (χ1) is 8.51. The standard InChI is InChI=1S/C14H17F2NO/c15-11-5-4-10(8-12(11)16)9-13(18)14(17)6-2-1-3-7-14/h4-5,8H,1-3,6-7,9,17H2. The van der Waals surface area contributed by atoms with Gasteiger partial charge in [-0.25, -0.2) is 8.78 Å². The van der Waals surface area contributed by atoms with Gasteiger partial charge >= 0.3 is 0 Å². The highest BCUT2D eigenvalue weighted by Gasteiger charge is 2.34. The molecular formula is C14H17F2NO. The number of nitrogens with two attached hydrogens (primary N) is 1. The van der Waals surface area contributed by atoms with Crippen LogP contribution in [0.2, 0.25) is 0 Å². The van der Waals surface area contributed by atoms with Gasteiger partial charge in [-0.1, -0.05) is 25.3 Å². The molecule has 18 heavy (non-hydrogen) atoms. The summed E-state index contributed by atoms with van der Waals surface area (Å²) in [7, 11) is 0. The number of rotatable bonds is 3. The summed E-state index contributed by atoms with van der Waals surface area (Å²) in [5.41, 5.74) is 5.81. The molecule has 4 heteroatoms. The first kappa shape index (κ1) is 13.1. The first-order valence-corrected chi connectivity index (χ1v) is 6.27. The summed E-state index contributed by atoms with van der Waals surface area (Å²) in [5, 5.41) is 0. The normalized spacial score (nSPS) is 18.6. The molecule has 1 aliphatic carbocycles. The Hall–Kier alpha value is -1.29. The highest BCUT2D eigenvalue weighted by Crippen LogP contribution is 2.27. The van der Waals surface area contributed by atoms with Gasteiger partial charge in [-0.2, -0.15) is 0 Å². The number of hydrogen-bond donors (Lipinski definition) is 1. The fraction of sp³-hybridized carbons (Fsp3) is 0.500. The smallest absolute Gasteiger partial charge is 0.159 e. The van der Waals surface area contributed by atoms with Crippen molar-refractivity contribution in [2.45, 2.75) is 44.1 Å². The Labute approximate surface area is 105 Å². The Morgan fingerprint density at radius 1 is 1.17 bits per heavy atom. The molecule has 0 radical (unpaired) electrons. The van der Waals surface area contributed by atoms with Gasteiger partial charge in [-0.3, -0.25) is 4.79 Å². The molecule has 1 saturated carbocycles. The lowest BCUT2D eigenvalue weighted by atomic mass is 9.78. The van der Waals surface area contributed by atoms with Crippen LogP contribution in [0.1, 0.15) is 37.7 Å². The average Bonchev–Trinajstić information content (AvgIpc) is 2.35. The van der Waals surface area contributed by atoms with Crippen LogP contribution in [0.5, 0.6) is 0 Å². The molecule has 2 N–H and O–H groups in total. The van der Waals surface area contributed by atoms with Crippen molar-refractivity contribution in [3.8, 4) is 0 Å². The van der Waals surface area contributed by atoms with Crippen LogP contribution in [0, 0.1) is 11.6 Å². The summed E-state index contributed by atoms with van der Waals surface area (Å²) in [6.07, 6.45) is 4.48. The molecule has 2 nitrogen and oxygen atoms in total. The van der Waals surface area contributed by atoms with Crippen molar-refractivity contribution >= 4 is 5.78 Å². The molecule has 98 valence electrons. The highest BCUT2D eigenvalue weighted by molar-refractivity contribution is 5.90. The van der Waals surface area contributed by atoms with E-state index in [-0.39, 0.29) is 12.2 Å². The van der Waals surface area contributed by atoms with Gasteiger partial charge in [-0.15, -0.1) is 0 Å². The zero-order chi connectivity index (χ0) is 13.2. The maximum absolute atomic E-state index is 13.0. The van der Waals surface area contributed by atoms with E-state index >= 15 is 0 Å². The molecule has 0 heterocycles. The van der Waals surface area contributed by atoms with E-state index in [9.17, 15) is 13.6 Å². The molecule has 0 amide bonds. The molecule has 1 aromatic carbocycles. The Balaban J connectivity index is 2.08. The lowest BCUT2D eigenvalue weighted by Gasteiger charge is -2.31. The number of halogens is 2. The van der Waals surface area contributed by atoms with E-state index in [1.807, 2.05) is 0 Å². The minimum atomic E-state index is -0.921. The summed E-state index contributed by atoms with van der Waals surface area (Å²) in [5.74, 6) is -1.89. The summed E-state index contributed by atoms with van der Waals surface area (Å²) < 4.78 is 25.8. The van der Waals surface area contributed by atoms with Crippen molar-refractivity contribution < 1.29 is 13.6 Å². The molecule has 0 bridgehead atoms. The van der Waals surface area contributed by atoms with E-state index in [2.05, 4.69) is 0 Å². The Morgan fingerprint density at radius 3 is 2.44 bits per heavy atom. The topological polar surface area (TPSA) is 43.1 Å². The van der Waals surface area contributed by atoms with Gasteiger partial charge < -0.3 is 5.73 Å². The second-order valence-electron chi connectivity index (χ2n) is 5.07. The lowest BCUT2D eigenvalue weighted by molar-refractivity contribution is -0.124. The van der Waals surface area contributed by atoms with Crippen LogP contribution in [0.15, 0.2) is 18.2 Å². The highest BCUT2D eigenvalue weighted by atomic mass is 19.2. The van der Waals surface area contributed by atoms with Crippen molar-refractivity contribution in [1.29, 1.82) is 0 Å². The molecule has 0 unspecified atom stereocenters. The third-order valence-electron chi connectivity index (χ3n) is 3.65. The average molecular weight is 253 g/mol. The third kappa shape index (κ3) is 2.75. The molecular weight excluding hydrogens is 236 g/mol. The molecule has 2 rings (SSSR count). The number of hydrogen-bond acceptors (Lipinski definition) is 2. The van der Waals surface area contributed by atoms with Crippen LogP contribution in [-0.2, 0) is 11.2 Å². The SMILES string of the molecule is NC1(C(=O)Cc2ccc(F)c(F)c2)CCCCC1. The van der Waals surface area contributed by atoms with Crippen molar-refractivity contribution in [2.24, 2.45) is 5.73 Å². The van der Waals surface area contributed by atoms with Gasteiger partial charge in [0.2, 0.25) is 0 Å². The van der Waals surface area contributed by atoms with Crippen molar-refractivity contribution in [3.63, 3.8) is 0 Å². The van der Waals surface area contributed by atoms with Crippen LogP contribution in [0.4, 0.5) is 8.78 Å². The van der Waals surface area contributed by atoms with E-state index in [0.717, 1.165) is 31.4 Å². The fourth-order valence-electron chi connectivity index (χ4n) is 2.47. The first-order valence-electron chi connectivity index (χ1n) is 6.27. The minimum Gasteiger partial charge on any atom is -0.319 e. The largest absolute Gasteiger partial charge is 0.319 e. The van der Waals surface area contributed by atoms with E-state index in [0.29, 0.717) is 18.4 Å². The maximum atomic E-state index is 13.0. The Bertz CT molecular complexity index is 453. The predicted octanol–water partition coefficient (Wildman–Crippen LogP) is 2.74. The fourth-order valence-corrected chi connectivity index (χ4v) is 2.47. The van der Waals surface area contributed by atoms with Crippen LogP contribution >= 0.6 is 0 Å². The predicted molar refractivity (Wildman–Crippen MR) is 65.1 cm³/mol. The molecule has 0 atom stereocenters. The molecule has 1 aromatic rings. The van der Waals surface area contributed by atoms with Crippen molar-refractivity contribution in [3.05, 3.63) is 35.4 Å². The second-order valence-corrected chi connectivity index (χ2v) is 5.07. The van der Waals surface area contributed by atoms with Gasteiger partial charge in [0, 0.05) is 6.42 Å².